The van der Waals surface area contributed by atoms with Crippen molar-refractivity contribution in [3.63, 3.8) is 0 Å². The Morgan fingerprint density at radius 3 is 1.76 bits per heavy atom. The minimum atomic E-state index is -0.295. The Labute approximate surface area is 221 Å². The lowest BCUT2D eigenvalue weighted by atomic mass is 10.1. The maximum absolute atomic E-state index is 12.8. The van der Waals surface area contributed by atoms with Crippen molar-refractivity contribution in [3.8, 4) is 23.0 Å². The van der Waals surface area contributed by atoms with E-state index < -0.39 is 0 Å². The molecule has 0 radical (unpaired) electrons. The van der Waals surface area contributed by atoms with Crippen LogP contribution >= 0.6 is 0 Å². The molecule has 5 heteroatoms. The van der Waals surface area contributed by atoms with Gasteiger partial charge in [0.2, 0.25) is 0 Å². The van der Waals surface area contributed by atoms with Gasteiger partial charge in [0.1, 0.15) is 11.5 Å². The van der Waals surface area contributed by atoms with Crippen LogP contribution in [-0.4, -0.2) is 11.9 Å². The average Bonchev–Trinajstić information content (AvgIpc) is 2.91. The monoisotopic (exact) mass is 504 g/mol. The van der Waals surface area contributed by atoms with Gasteiger partial charge in [0, 0.05) is 29.7 Å². The van der Waals surface area contributed by atoms with Gasteiger partial charge in [0.15, 0.2) is 11.5 Å². The van der Waals surface area contributed by atoms with Crippen LogP contribution in [0.2, 0.25) is 0 Å². The van der Waals surface area contributed by atoms with Crippen molar-refractivity contribution < 1.29 is 23.8 Å². The third-order valence-electron chi connectivity index (χ3n) is 6.30. The Kier molecular flexibility index (Phi) is 12.0. The van der Waals surface area contributed by atoms with E-state index in [9.17, 15) is 9.59 Å². The smallest absolute Gasteiger partial charge is 0.311 e. The second kappa shape index (κ2) is 15.7. The summed E-state index contributed by atoms with van der Waals surface area (Å²) >= 11 is 0. The largest absolute Gasteiger partial charge is 0.453 e. The van der Waals surface area contributed by atoms with Crippen LogP contribution in [0.25, 0.3) is 10.8 Å². The van der Waals surface area contributed by atoms with Gasteiger partial charge in [-0.05, 0) is 25.0 Å². The van der Waals surface area contributed by atoms with Gasteiger partial charge in [-0.25, -0.2) is 0 Å². The van der Waals surface area contributed by atoms with Crippen LogP contribution in [0.4, 0.5) is 0 Å². The molecular weight excluding hydrogens is 464 g/mol. The summed E-state index contributed by atoms with van der Waals surface area (Å²) in [5.41, 5.74) is 0. The number of carbonyl (C=O) groups excluding carboxylic acids is 2. The third-order valence-corrected chi connectivity index (χ3v) is 6.30. The van der Waals surface area contributed by atoms with Gasteiger partial charge in [-0.15, -0.1) is 0 Å². The first-order chi connectivity index (χ1) is 18.1. The molecule has 0 atom stereocenters. The Bertz CT molecular complexity index is 1120. The Hall–Kier alpha value is -3.34. The fraction of sp³-hybridized carbons (Fsp3) is 0.438. The zero-order valence-corrected chi connectivity index (χ0v) is 22.3. The van der Waals surface area contributed by atoms with Crippen molar-refractivity contribution in [1.29, 1.82) is 0 Å². The lowest BCUT2D eigenvalue weighted by Crippen LogP contribution is -2.11. The minimum Gasteiger partial charge on any atom is -0.453 e. The number of carbonyl (C=O) groups is 2. The maximum Gasteiger partial charge on any atom is 0.311 e. The summed E-state index contributed by atoms with van der Waals surface area (Å²) in [6, 6.07) is 18.4. The summed E-state index contributed by atoms with van der Waals surface area (Å²) in [4.78, 5) is 25.5. The van der Waals surface area contributed by atoms with Crippen LogP contribution in [0.5, 0.6) is 23.0 Å². The number of benzene rings is 3. The van der Waals surface area contributed by atoms with E-state index >= 15 is 0 Å². The quantitative estimate of drug-likeness (QED) is 0.111. The number of esters is 2. The molecule has 0 bridgehead atoms. The van der Waals surface area contributed by atoms with Gasteiger partial charge in [0.05, 0.1) is 0 Å². The summed E-state index contributed by atoms with van der Waals surface area (Å²) in [7, 11) is 0. The molecule has 0 N–H and O–H groups in total. The molecule has 0 aliphatic rings. The molecule has 0 spiro atoms. The number of para-hydroxylation sites is 1. The number of hydrogen-bond donors (Lipinski definition) is 0. The van der Waals surface area contributed by atoms with Crippen molar-refractivity contribution in [1.82, 2.24) is 0 Å². The number of ether oxygens (including phenoxy) is 3. The first-order valence-corrected chi connectivity index (χ1v) is 13.8. The highest BCUT2D eigenvalue weighted by Gasteiger charge is 2.20. The van der Waals surface area contributed by atoms with Crippen LogP contribution in [0.15, 0.2) is 60.7 Å². The highest BCUT2D eigenvalue weighted by molar-refractivity contribution is 5.98. The molecule has 0 amide bonds. The van der Waals surface area contributed by atoms with E-state index in [-0.39, 0.29) is 11.9 Å². The molecule has 198 valence electrons. The molecule has 0 unspecified atom stereocenters. The van der Waals surface area contributed by atoms with E-state index in [0.29, 0.717) is 46.6 Å². The molecule has 0 saturated heterocycles. The molecule has 0 heterocycles. The summed E-state index contributed by atoms with van der Waals surface area (Å²) in [5, 5.41) is 1.37. The van der Waals surface area contributed by atoms with Gasteiger partial charge < -0.3 is 14.2 Å². The van der Waals surface area contributed by atoms with Crippen molar-refractivity contribution in [2.24, 2.45) is 0 Å². The molecule has 3 aromatic carbocycles. The summed E-state index contributed by atoms with van der Waals surface area (Å²) in [5.74, 6) is 1.12. The fourth-order valence-corrected chi connectivity index (χ4v) is 4.26. The van der Waals surface area contributed by atoms with E-state index in [4.69, 9.17) is 14.2 Å². The van der Waals surface area contributed by atoms with E-state index in [1.54, 1.807) is 6.07 Å². The number of unbranched alkanes of at least 4 members (excludes halogenated alkanes) is 8. The van der Waals surface area contributed by atoms with Gasteiger partial charge in [0.25, 0.3) is 0 Å². The van der Waals surface area contributed by atoms with E-state index in [1.165, 1.54) is 12.8 Å². The molecule has 5 nitrogen and oxygen atoms in total. The molecule has 0 aliphatic heterocycles. The molecule has 0 aromatic heterocycles. The number of fused-ring (bicyclic) bond motifs is 1. The van der Waals surface area contributed by atoms with Gasteiger partial charge >= 0.3 is 11.9 Å². The molecular formula is C32H40O5. The van der Waals surface area contributed by atoms with E-state index in [2.05, 4.69) is 13.8 Å². The minimum absolute atomic E-state index is 0.274. The van der Waals surface area contributed by atoms with Gasteiger partial charge in [-0.2, -0.15) is 0 Å². The molecule has 3 rings (SSSR count). The number of rotatable bonds is 16. The molecule has 3 aromatic rings. The van der Waals surface area contributed by atoms with Crippen LogP contribution in [0.3, 0.4) is 0 Å². The Morgan fingerprint density at radius 1 is 0.595 bits per heavy atom. The maximum atomic E-state index is 12.8. The van der Waals surface area contributed by atoms with Crippen molar-refractivity contribution in [2.45, 2.75) is 90.9 Å². The molecule has 37 heavy (non-hydrogen) atoms. The standard InChI is InChI=1S/C32H40O5/c1-3-5-7-9-14-22-30(33)36-28-24-29(35-25-18-12-11-13-19-25)32(27-21-17-16-20-26(27)28)37-31(34)23-15-10-8-6-4-2/h11-13,16-21,24H,3-10,14-15,22-23H2,1-2H3. The fourth-order valence-electron chi connectivity index (χ4n) is 4.26. The highest BCUT2D eigenvalue weighted by Crippen LogP contribution is 2.43. The first-order valence-electron chi connectivity index (χ1n) is 13.8. The zero-order chi connectivity index (χ0) is 26.3. The highest BCUT2D eigenvalue weighted by atomic mass is 16.6. The SMILES string of the molecule is CCCCCCCC(=O)Oc1cc(Oc2ccccc2)c(OC(=O)CCCCCCC)c2ccccc12. The van der Waals surface area contributed by atoms with Crippen LogP contribution < -0.4 is 14.2 Å². The van der Waals surface area contributed by atoms with Crippen molar-refractivity contribution in [3.05, 3.63) is 60.7 Å². The van der Waals surface area contributed by atoms with E-state index in [0.717, 1.165) is 51.4 Å². The second-order valence-electron chi connectivity index (χ2n) is 9.44. The first kappa shape index (κ1) is 28.2. The Balaban J connectivity index is 1.84. The van der Waals surface area contributed by atoms with E-state index in [1.807, 2.05) is 54.6 Å². The number of hydrogen-bond acceptors (Lipinski definition) is 5. The van der Waals surface area contributed by atoms with Crippen LogP contribution in [0, 0.1) is 0 Å². The van der Waals surface area contributed by atoms with Crippen LogP contribution in [0.1, 0.15) is 90.9 Å². The second-order valence-corrected chi connectivity index (χ2v) is 9.44. The molecule has 0 saturated carbocycles. The van der Waals surface area contributed by atoms with Gasteiger partial charge in [-0.3, -0.25) is 9.59 Å². The third kappa shape index (κ3) is 9.23. The van der Waals surface area contributed by atoms with Gasteiger partial charge in [-0.1, -0.05) is 108 Å². The average molecular weight is 505 g/mol. The summed E-state index contributed by atoms with van der Waals surface area (Å²) < 4.78 is 17.9. The van der Waals surface area contributed by atoms with Crippen molar-refractivity contribution >= 4 is 22.7 Å². The topological polar surface area (TPSA) is 61.8 Å². The predicted octanol–water partition coefficient (Wildman–Crippen LogP) is 9.16. The van der Waals surface area contributed by atoms with Crippen molar-refractivity contribution in [2.75, 3.05) is 0 Å². The molecule has 0 aliphatic carbocycles. The zero-order valence-electron chi connectivity index (χ0n) is 22.3. The van der Waals surface area contributed by atoms with Crippen LogP contribution in [-0.2, 0) is 9.59 Å². The lowest BCUT2D eigenvalue weighted by Gasteiger charge is -2.17. The lowest BCUT2D eigenvalue weighted by molar-refractivity contribution is -0.135. The predicted molar refractivity (Wildman–Crippen MR) is 148 cm³/mol. The normalized spacial score (nSPS) is 10.9. The summed E-state index contributed by atoms with van der Waals surface area (Å²) in [6.07, 6.45) is 11.2. The Morgan fingerprint density at radius 2 is 1.14 bits per heavy atom. The molecule has 0 fully saturated rings. The summed E-state index contributed by atoms with van der Waals surface area (Å²) in [6.45, 7) is 4.34.